The molecule has 4 nitrogen and oxygen atoms in total. The van der Waals surface area contributed by atoms with Gasteiger partial charge in [-0.15, -0.1) is 0 Å². The van der Waals surface area contributed by atoms with Gasteiger partial charge in [-0.3, -0.25) is 4.79 Å². The summed E-state index contributed by atoms with van der Waals surface area (Å²) in [5.41, 5.74) is 5.41. The second-order valence-electron chi connectivity index (χ2n) is 3.64. The standard InChI is InChI=1S/C8H15NO3S/c1-6(9)8(10)7-3-2-4-13(11,12)5-7/h6-7H,2-5,9H2,1H3. The van der Waals surface area contributed by atoms with Crippen LogP contribution in [0.15, 0.2) is 0 Å². The molecule has 1 aliphatic heterocycles. The molecule has 2 atom stereocenters. The van der Waals surface area contributed by atoms with Gasteiger partial charge < -0.3 is 5.73 Å². The Bertz CT molecular complexity index is 295. The molecule has 5 heteroatoms. The summed E-state index contributed by atoms with van der Waals surface area (Å²) in [5.74, 6) is -0.273. The van der Waals surface area contributed by atoms with Crippen molar-refractivity contribution < 1.29 is 13.2 Å². The second kappa shape index (κ2) is 3.75. The molecule has 1 rings (SSSR count). The Balaban J connectivity index is 2.68. The Hall–Kier alpha value is -0.420. The normalized spacial score (nSPS) is 29.5. The molecule has 76 valence electrons. The zero-order chi connectivity index (χ0) is 10.1. The van der Waals surface area contributed by atoms with Gasteiger partial charge >= 0.3 is 0 Å². The smallest absolute Gasteiger partial charge is 0.153 e. The van der Waals surface area contributed by atoms with Gasteiger partial charge in [0, 0.05) is 5.92 Å². The van der Waals surface area contributed by atoms with Gasteiger partial charge in [0.1, 0.15) is 0 Å². The number of hydrogen-bond acceptors (Lipinski definition) is 4. The van der Waals surface area contributed by atoms with Crippen LogP contribution in [0.2, 0.25) is 0 Å². The van der Waals surface area contributed by atoms with E-state index in [0.29, 0.717) is 12.8 Å². The van der Waals surface area contributed by atoms with Gasteiger partial charge in [-0.2, -0.15) is 0 Å². The highest BCUT2D eigenvalue weighted by atomic mass is 32.2. The minimum atomic E-state index is -2.99. The van der Waals surface area contributed by atoms with Crippen LogP contribution in [0.4, 0.5) is 0 Å². The first-order chi connectivity index (χ1) is 5.92. The van der Waals surface area contributed by atoms with Crippen molar-refractivity contribution >= 4 is 15.6 Å². The Morgan fingerprint density at radius 3 is 2.62 bits per heavy atom. The molecule has 2 unspecified atom stereocenters. The summed E-state index contributed by atoms with van der Waals surface area (Å²) >= 11 is 0. The summed E-state index contributed by atoms with van der Waals surface area (Å²) in [6.45, 7) is 1.60. The van der Waals surface area contributed by atoms with Crippen molar-refractivity contribution in [2.45, 2.75) is 25.8 Å². The van der Waals surface area contributed by atoms with E-state index in [1.807, 2.05) is 0 Å². The van der Waals surface area contributed by atoms with Crippen molar-refractivity contribution in [3.8, 4) is 0 Å². The topological polar surface area (TPSA) is 77.2 Å². The monoisotopic (exact) mass is 205 g/mol. The van der Waals surface area contributed by atoms with Crippen LogP contribution in [-0.4, -0.2) is 31.7 Å². The van der Waals surface area contributed by atoms with Crippen molar-refractivity contribution in [3.05, 3.63) is 0 Å². The molecule has 0 aromatic carbocycles. The number of ketones is 1. The first kappa shape index (κ1) is 10.7. The molecule has 0 radical (unpaired) electrons. The van der Waals surface area contributed by atoms with E-state index in [2.05, 4.69) is 0 Å². The van der Waals surface area contributed by atoms with Gasteiger partial charge in [0.2, 0.25) is 0 Å². The van der Waals surface area contributed by atoms with E-state index in [0.717, 1.165) is 0 Å². The van der Waals surface area contributed by atoms with Crippen molar-refractivity contribution in [1.29, 1.82) is 0 Å². The second-order valence-corrected chi connectivity index (χ2v) is 5.87. The minimum absolute atomic E-state index is 0.00657. The third kappa shape index (κ3) is 2.77. The first-order valence-electron chi connectivity index (χ1n) is 4.42. The van der Waals surface area contributed by atoms with Crippen LogP contribution in [0.25, 0.3) is 0 Å². The molecule has 2 N–H and O–H groups in total. The van der Waals surface area contributed by atoms with Crippen molar-refractivity contribution in [1.82, 2.24) is 0 Å². The number of rotatable bonds is 2. The van der Waals surface area contributed by atoms with E-state index in [9.17, 15) is 13.2 Å². The molecule has 0 aromatic rings. The lowest BCUT2D eigenvalue weighted by Crippen LogP contribution is -2.39. The van der Waals surface area contributed by atoms with Crippen LogP contribution in [0.3, 0.4) is 0 Å². The molecule has 0 spiro atoms. The molecule has 13 heavy (non-hydrogen) atoms. The van der Waals surface area contributed by atoms with Gasteiger partial charge in [0.15, 0.2) is 15.6 Å². The highest BCUT2D eigenvalue weighted by Gasteiger charge is 2.30. The van der Waals surface area contributed by atoms with Crippen LogP contribution in [0, 0.1) is 5.92 Å². The van der Waals surface area contributed by atoms with E-state index in [1.165, 1.54) is 0 Å². The summed E-state index contributed by atoms with van der Waals surface area (Å²) in [7, 11) is -2.99. The third-order valence-corrected chi connectivity index (χ3v) is 4.14. The summed E-state index contributed by atoms with van der Waals surface area (Å²) in [6, 6.07) is -0.543. The lowest BCUT2D eigenvalue weighted by molar-refractivity contribution is -0.123. The van der Waals surface area contributed by atoms with E-state index in [1.54, 1.807) is 6.92 Å². The van der Waals surface area contributed by atoms with Crippen molar-refractivity contribution in [3.63, 3.8) is 0 Å². The molecule has 1 heterocycles. The van der Waals surface area contributed by atoms with Crippen molar-refractivity contribution in [2.24, 2.45) is 11.7 Å². The van der Waals surface area contributed by atoms with Gasteiger partial charge in [0.25, 0.3) is 0 Å². The first-order valence-corrected chi connectivity index (χ1v) is 6.24. The summed E-state index contributed by atoms with van der Waals surface area (Å²) < 4.78 is 22.4. The largest absolute Gasteiger partial charge is 0.322 e. The average molecular weight is 205 g/mol. The zero-order valence-corrected chi connectivity index (χ0v) is 8.51. The lowest BCUT2D eigenvalue weighted by Gasteiger charge is -2.21. The molecule has 1 fully saturated rings. The molecule has 0 aliphatic carbocycles. The average Bonchev–Trinajstić information content (AvgIpc) is 2.01. The number of hydrogen-bond donors (Lipinski definition) is 1. The summed E-state index contributed by atoms with van der Waals surface area (Å²) in [4.78, 5) is 11.4. The number of nitrogens with two attached hydrogens (primary N) is 1. The predicted octanol–water partition coefficient (Wildman–Crippen LogP) is -0.272. The van der Waals surface area contributed by atoms with Gasteiger partial charge in [-0.25, -0.2) is 8.42 Å². The van der Waals surface area contributed by atoms with Gasteiger partial charge in [-0.05, 0) is 19.8 Å². The molecular formula is C8H15NO3S. The Kier molecular flexibility index (Phi) is 3.08. The number of sulfone groups is 1. The van der Waals surface area contributed by atoms with Crippen LogP contribution >= 0.6 is 0 Å². The van der Waals surface area contributed by atoms with Crippen LogP contribution in [-0.2, 0) is 14.6 Å². The van der Waals surface area contributed by atoms with E-state index < -0.39 is 15.9 Å². The minimum Gasteiger partial charge on any atom is -0.322 e. The molecule has 0 amide bonds. The molecule has 0 saturated carbocycles. The number of carbonyl (C=O) groups excluding carboxylic acids is 1. The Labute approximate surface area is 78.4 Å². The summed E-state index contributed by atoms with van der Waals surface area (Å²) in [5, 5.41) is 0. The highest BCUT2D eigenvalue weighted by molar-refractivity contribution is 7.91. The van der Waals surface area contributed by atoms with Gasteiger partial charge in [-0.1, -0.05) is 0 Å². The van der Waals surface area contributed by atoms with Crippen LogP contribution in [0.5, 0.6) is 0 Å². The fraction of sp³-hybridized carbons (Fsp3) is 0.875. The fourth-order valence-corrected chi connectivity index (χ4v) is 3.34. The van der Waals surface area contributed by atoms with Crippen LogP contribution < -0.4 is 5.73 Å². The lowest BCUT2D eigenvalue weighted by atomic mass is 9.96. The highest BCUT2D eigenvalue weighted by Crippen LogP contribution is 2.19. The van der Waals surface area contributed by atoms with Crippen molar-refractivity contribution in [2.75, 3.05) is 11.5 Å². The maximum absolute atomic E-state index is 11.4. The summed E-state index contributed by atoms with van der Waals surface area (Å²) in [6.07, 6.45) is 1.26. The molecular weight excluding hydrogens is 190 g/mol. The molecule has 1 saturated heterocycles. The Morgan fingerprint density at radius 2 is 2.15 bits per heavy atom. The van der Waals surface area contributed by atoms with Crippen LogP contribution in [0.1, 0.15) is 19.8 Å². The quantitative estimate of drug-likeness (QED) is 0.673. The van der Waals surface area contributed by atoms with E-state index in [4.69, 9.17) is 5.73 Å². The van der Waals surface area contributed by atoms with E-state index in [-0.39, 0.29) is 23.2 Å². The zero-order valence-electron chi connectivity index (χ0n) is 7.69. The van der Waals surface area contributed by atoms with E-state index >= 15 is 0 Å². The molecule has 0 bridgehead atoms. The SMILES string of the molecule is CC(N)C(=O)C1CCCS(=O)(=O)C1. The molecule has 1 aliphatic rings. The fourth-order valence-electron chi connectivity index (χ4n) is 1.62. The molecule has 0 aromatic heterocycles. The Morgan fingerprint density at radius 1 is 1.54 bits per heavy atom. The predicted molar refractivity (Wildman–Crippen MR) is 50.0 cm³/mol. The number of carbonyl (C=O) groups is 1. The third-order valence-electron chi connectivity index (χ3n) is 2.31. The number of Topliss-reactive ketones (excluding diaryl/α,β-unsaturated/α-hetero) is 1. The maximum atomic E-state index is 11.4. The maximum Gasteiger partial charge on any atom is 0.153 e. The van der Waals surface area contributed by atoms with Gasteiger partial charge in [0.05, 0.1) is 17.5 Å².